The predicted molar refractivity (Wildman–Crippen MR) is 85.3 cm³/mol. The first-order chi connectivity index (χ1) is 8.24. The summed E-state index contributed by atoms with van der Waals surface area (Å²) in [4.78, 5) is 3.31. The van der Waals surface area contributed by atoms with Gasteiger partial charge in [0, 0.05) is 10.1 Å². The van der Waals surface area contributed by atoms with Crippen LogP contribution in [0.3, 0.4) is 0 Å². The lowest BCUT2D eigenvalue weighted by atomic mass is 10.1. The SMILES string of the molecule is S=c1[nH]c2cc(I)ccc2n1CC1CCSC1. The number of hydrogen-bond donors (Lipinski definition) is 1. The van der Waals surface area contributed by atoms with E-state index in [9.17, 15) is 0 Å². The Morgan fingerprint density at radius 1 is 1.53 bits per heavy atom. The van der Waals surface area contributed by atoms with Crippen LogP contribution in [0.1, 0.15) is 6.42 Å². The number of thioether (sulfide) groups is 1. The van der Waals surface area contributed by atoms with Gasteiger partial charge in [-0.15, -0.1) is 0 Å². The van der Waals surface area contributed by atoms with Gasteiger partial charge in [0.1, 0.15) is 0 Å². The molecule has 0 amide bonds. The van der Waals surface area contributed by atoms with Crippen molar-refractivity contribution in [2.45, 2.75) is 13.0 Å². The van der Waals surface area contributed by atoms with Gasteiger partial charge in [-0.05, 0) is 76.9 Å². The van der Waals surface area contributed by atoms with Gasteiger partial charge in [0.15, 0.2) is 4.77 Å². The van der Waals surface area contributed by atoms with Gasteiger partial charge in [-0.2, -0.15) is 11.8 Å². The third-order valence-electron chi connectivity index (χ3n) is 3.20. The zero-order chi connectivity index (χ0) is 11.8. The molecule has 0 aliphatic carbocycles. The Balaban J connectivity index is 2.02. The quantitative estimate of drug-likeness (QED) is 0.631. The molecule has 2 heterocycles. The first-order valence-corrected chi connectivity index (χ1v) is 8.34. The van der Waals surface area contributed by atoms with Crippen LogP contribution in [0.5, 0.6) is 0 Å². The maximum atomic E-state index is 5.43. The number of benzene rings is 1. The summed E-state index contributed by atoms with van der Waals surface area (Å²) >= 11 is 9.82. The van der Waals surface area contributed by atoms with E-state index in [1.807, 2.05) is 0 Å². The van der Waals surface area contributed by atoms with Crippen LogP contribution in [0.15, 0.2) is 18.2 Å². The molecular formula is C12H13IN2S2. The van der Waals surface area contributed by atoms with E-state index in [4.69, 9.17) is 12.2 Å². The Morgan fingerprint density at radius 3 is 3.18 bits per heavy atom. The molecular weight excluding hydrogens is 363 g/mol. The Kier molecular flexibility index (Phi) is 3.49. The lowest BCUT2D eigenvalue weighted by Crippen LogP contribution is -2.09. The molecule has 5 heteroatoms. The minimum atomic E-state index is 0.782. The van der Waals surface area contributed by atoms with Crippen LogP contribution in [0.4, 0.5) is 0 Å². The number of fused-ring (bicyclic) bond motifs is 1. The molecule has 0 spiro atoms. The maximum Gasteiger partial charge on any atom is 0.178 e. The van der Waals surface area contributed by atoms with Crippen LogP contribution in [0.2, 0.25) is 0 Å². The minimum absolute atomic E-state index is 0.782. The number of halogens is 1. The first-order valence-electron chi connectivity index (χ1n) is 5.70. The average Bonchev–Trinajstić information content (AvgIpc) is 2.88. The molecule has 0 radical (unpaired) electrons. The van der Waals surface area contributed by atoms with Crippen molar-refractivity contribution in [1.29, 1.82) is 0 Å². The molecule has 2 aromatic rings. The van der Waals surface area contributed by atoms with Gasteiger partial charge >= 0.3 is 0 Å². The lowest BCUT2D eigenvalue weighted by molar-refractivity contribution is 0.497. The van der Waals surface area contributed by atoms with Gasteiger partial charge in [-0.25, -0.2) is 0 Å². The van der Waals surface area contributed by atoms with E-state index in [0.717, 1.165) is 22.8 Å². The van der Waals surface area contributed by atoms with E-state index >= 15 is 0 Å². The molecule has 2 nitrogen and oxygen atoms in total. The maximum absolute atomic E-state index is 5.43. The summed E-state index contributed by atoms with van der Waals surface area (Å²) < 4.78 is 4.37. The molecule has 1 fully saturated rings. The molecule has 3 rings (SSSR count). The van der Waals surface area contributed by atoms with Crippen molar-refractivity contribution in [3.8, 4) is 0 Å². The Hall–Kier alpha value is -0.0100. The number of rotatable bonds is 2. The van der Waals surface area contributed by atoms with Crippen LogP contribution in [-0.4, -0.2) is 21.1 Å². The van der Waals surface area contributed by atoms with Crippen molar-refractivity contribution in [3.05, 3.63) is 26.5 Å². The van der Waals surface area contributed by atoms with E-state index in [1.54, 1.807) is 0 Å². The fourth-order valence-corrected chi connectivity index (χ4v) is 4.35. The summed E-state index contributed by atoms with van der Waals surface area (Å²) in [6.07, 6.45) is 1.32. The normalized spacial score (nSPS) is 20.2. The molecule has 1 aliphatic heterocycles. The molecule has 17 heavy (non-hydrogen) atoms. The monoisotopic (exact) mass is 376 g/mol. The van der Waals surface area contributed by atoms with Crippen LogP contribution >= 0.6 is 46.6 Å². The highest BCUT2D eigenvalue weighted by Gasteiger charge is 2.17. The Bertz CT molecular complexity index is 596. The van der Waals surface area contributed by atoms with Gasteiger partial charge in [0.25, 0.3) is 0 Å². The number of hydrogen-bond acceptors (Lipinski definition) is 2. The number of nitrogens with zero attached hydrogens (tertiary/aromatic N) is 1. The largest absolute Gasteiger partial charge is 0.331 e. The second-order valence-electron chi connectivity index (χ2n) is 4.43. The highest BCUT2D eigenvalue weighted by Crippen LogP contribution is 2.26. The fourth-order valence-electron chi connectivity index (χ4n) is 2.30. The second kappa shape index (κ2) is 4.93. The molecule has 90 valence electrons. The first kappa shape index (κ1) is 12.0. The lowest BCUT2D eigenvalue weighted by Gasteiger charge is -2.10. The van der Waals surface area contributed by atoms with Crippen molar-refractivity contribution in [2.75, 3.05) is 11.5 Å². The van der Waals surface area contributed by atoms with Gasteiger partial charge < -0.3 is 9.55 Å². The molecule has 0 bridgehead atoms. The van der Waals surface area contributed by atoms with E-state index in [2.05, 4.69) is 62.1 Å². The van der Waals surface area contributed by atoms with E-state index < -0.39 is 0 Å². The van der Waals surface area contributed by atoms with E-state index in [-0.39, 0.29) is 0 Å². The number of imidazole rings is 1. The third-order valence-corrected chi connectivity index (χ3v) is 5.43. The van der Waals surface area contributed by atoms with Crippen molar-refractivity contribution in [3.63, 3.8) is 0 Å². The molecule has 1 unspecified atom stereocenters. The number of aromatic amines is 1. The number of H-pyrrole nitrogens is 1. The van der Waals surface area contributed by atoms with Gasteiger partial charge in [0.05, 0.1) is 11.0 Å². The Morgan fingerprint density at radius 2 is 2.41 bits per heavy atom. The van der Waals surface area contributed by atoms with Crippen LogP contribution in [0, 0.1) is 14.3 Å². The zero-order valence-electron chi connectivity index (χ0n) is 9.28. The smallest absolute Gasteiger partial charge is 0.178 e. The minimum Gasteiger partial charge on any atom is -0.331 e. The second-order valence-corrected chi connectivity index (χ2v) is 7.21. The molecule has 1 aromatic heterocycles. The summed E-state index contributed by atoms with van der Waals surface area (Å²) in [5, 5.41) is 0. The van der Waals surface area contributed by atoms with Gasteiger partial charge in [-0.3, -0.25) is 0 Å². The standard InChI is InChI=1S/C12H13IN2S2/c13-9-1-2-11-10(5-9)14-12(16)15(11)6-8-3-4-17-7-8/h1-2,5,8H,3-4,6-7H2,(H,14,16). The fraction of sp³-hybridized carbons (Fsp3) is 0.417. The van der Waals surface area contributed by atoms with Crippen molar-refractivity contribution >= 4 is 57.6 Å². The molecule has 1 N–H and O–H groups in total. The van der Waals surface area contributed by atoms with Crippen molar-refractivity contribution in [2.24, 2.45) is 5.92 Å². The molecule has 1 saturated heterocycles. The van der Waals surface area contributed by atoms with Crippen LogP contribution in [-0.2, 0) is 6.54 Å². The van der Waals surface area contributed by atoms with Gasteiger partial charge in [-0.1, -0.05) is 0 Å². The number of aromatic nitrogens is 2. The third kappa shape index (κ3) is 2.42. The predicted octanol–water partition coefficient (Wildman–Crippen LogP) is 4.06. The molecule has 0 saturated carbocycles. The summed E-state index contributed by atoms with van der Waals surface area (Å²) in [5.74, 6) is 3.36. The highest BCUT2D eigenvalue weighted by atomic mass is 127. The van der Waals surface area contributed by atoms with E-state index in [0.29, 0.717) is 0 Å². The summed E-state index contributed by atoms with van der Waals surface area (Å²) in [6, 6.07) is 6.47. The van der Waals surface area contributed by atoms with E-state index in [1.165, 1.54) is 27.0 Å². The molecule has 1 atom stereocenters. The molecule has 1 aromatic carbocycles. The van der Waals surface area contributed by atoms with Gasteiger partial charge in [0.2, 0.25) is 0 Å². The topological polar surface area (TPSA) is 20.7 Å². The average molecular weight is 376 g/mol. The summed E-state index contributed by atoms with van der Waals surface area (Å²) in [5.41, 5.74) is 2.40. The van der Waals surface area contributed by atoms with Crippen molar-refractivity contribution in [1.82, 2.24) is 9.55 Å². The zero-order valence-corrected chi connectivity index (χ0v) is 13.1. The van der Waals surface area contributed by atoms with Crippen molar-refractivity contribution < 1.29 is 0 Å². The summed E-state index contributed by atoms with van der Waals surface area (Å²) in [6.45, 7) is 1.06. The Labute approximate surface area is 123 Å². The summed E-state index contributed by atoms with van der Waals surface area (Å²) in [7, 11) is 0. The van der Waals surface area contributed by atoms with Crippen LogP contribution in [0.25, 0.3) is 11.0 Å². The number of nitrogens with one attached hydrogen (secondary N) is 1. The molecule has 1 aliphatic rings. The highest BCUT2D eigenvalue weighted by molar-refractivity contribution is 14.1. The van der Waals surface area contributed by atoms with Crippen LogP contribution < -0.4 is 0 Å².